The molecule has 0 atom stereocenters. The maximum Gasteiger partial charge on any atom is 0.387 e. The van der Waals surface area contributed by atoms with Crippen molar-refractivity contribution in [3.05, 3.63) is 29.3 Å². The van der Waals surface area contributed by atoms with Crippen molar-refractivity contribution in [2.75, 3.05) is 0 Å². The lowest BCUT2D eigenvalue weighted by atomic mass is 10.0. The number of aryl methyl sites for hydroxylation is 2. The number of carboxylic acid groups (broad SMARTS) is 1. The molecule has 1 aromatic carbocycles. The van der Waals surface area contributed by atoms with Crippen molar-refractivity contribution in [2.24, 2.45) is 0 Å². The van der Waals surface area contributed by atoms with Crippen molar-refractivity contribution in [3.63, 3.8) is 0 Å². The van der Waals surface area contributed by atoms with Gasteiger partial charge in [0.1, 0.15) is 5.75 Å². The molecule has 1 aromatic rings. The second kappa shape index (κ2) is 6.18. The number of alkyl halides is 2. The zero-order valence-corrected chi connectivity index (χ0v) is 9.45. The third kappa shape index (κ3) is 4.38. The van der Waals surface area contributed by atoms with Crippen molar-refractivity contribution in [2.45, 2.75) is 32.8 Å². The fraction of sp³-hybridized carbons (Fsp3) is 0.417. The second-order valence-corrected chi connectivity index (χ2v) is 3.57. The van der Waals surface area contributed by atoms with Crippen molar-refractivity contribution >= 4 is 5.97 Å². The first-order chi connectivity index (χ1) is 8.02. The molecular formula is C12H14F2O3. The first kappa shape index (κ1) is 13.4. The quantitative estimate of drug-likeness (QED) is 0.836. The van der Waals surface area contributed by atoms with Gasteiger partial charge in [-0.1, -0.05) is 19.1 Å². The fourth-order valence-electron chi connectivity index (χ4n) is 1.47. The molecule has 0 heterocycles. The summed E-state index contributed by atoms with van der Waals surface area (Å²) in [4.78, 5) is 10.4. The molecule has 3 nitrogen and oxygen atoms in total. The minimum Gasteiger partial charge on any atom is -0.481 e. The van der Waals surface area contributed by atoms with Crippen LogP contribution >= 0.6 is 0 Å². The van der Waals surface area contributed by atoms with E-state index in [0.29, 0.717) is 12.0 Å². The molecule has 0 aliphatic rings. The number of ether oxygens (including phenoxy) is 1. The number of aliphatic carboxylic acids is 1. The fourth-order valence-corrected chi connectivity index (χ4v) is 1.47. The van der Waals surface area contributed by atoms with Gasteiger partial charge in [0.25, 0.3) is 0 Å². The van der Waals surface area contributed by atoms with E-state index in [2.05, 4.69) is 4.74 Å². The predicted molar refractivity (Wildman–Crippen MR) is 58.4 cm³/mol. The molecule has 0 amide bonds. The lowest BCUT2D eigenvalue weighted by molar-refractivity contribution is -0.136. The largest absolute Gasteiger partial charge is 0.481 e. The van der Waals surface area contributed by atoms with Crippen molar-refractivity contribution in [1.82, 2.24) is 0 Å². The van der Waals surface area contributed by atoms with Gasteiger partial charge in [0.15, 0.2) is 0 Å². The Bertz CT molecular complexity index is 391. The summed E-state index contributed by atoms with van der Waals surface area (Å²) in [7, 11) is 0. The van der Waals surface area contributed by atoms with E-state index in [1.807, 2.05) is 6.92 Å². The summed E-state index contributed by atoms with van der Waals surface area (Å²) in [6, 6.07) is 4.96. The van der Waals surface area contributed by atoms with E-state index >= 15 is 0 Å². The van der Waals surface area contributed by atoms with Crippen LogP contribution in [0, 0.1) is 0 Å². The second-order valence-electron chi connectivity index (χ2n) is 3.57. The highest BCUT2D eigenvalue weighted by Crippen LogP contribution is 2.24. The number of hydrogen-bond donors (Lipinski definition) is 1. The minimum atomic E-state index is -2.90. The van der Waals surface area contributed by atoms with E-state index in [4.69, 9.17) is 5.11 Å². The van der Waals surface area contributed by atoms with Crippen LogP contribution in [0.15, 0.2) is 18.2 Å². The van der Waals surface area contributed by atoms with E-state index < -0.39 is 12.6 Å². The lowest BCUT2D eigenvalue weighted by Gasteiger charge is -2.11. The van der Waals surface area contributed by atoms with Crippen LogP contribution in [0.4, 0.5) is 8.78 Å². The van der Waals surface area contributed by atoms with Gasteiger partial charge in [-0.15, -0.1) is 0 Å². The molecule has 0 saturated carbocycles. The molecular weight excluding hydrogens is 230 g/mol. The Morgan fingerprint density at radius 2 is 2.18 bits per heavy atom. The van der Waals surface area contributed by atoms with E-state index in [9.17, 15) is 13.6 Å². The van der Waals surface area contributed by atoms with E-state index in [1.54, 1.807) is 12.1 Å². The molecule has 0 spiro atoms. The standard InChI is InChI=1S/C12H14F2O3/c1-2-8-3-4-9(5-6-11(15)16)10(7-8)17-12(13)14/h3-4,7,12H,2,5-6H2,1H3,(H,15,16). The molecule has 17 heavy (non-hydrogen) atoms. The average Bonchev–Trinajstić information content (AvgIpc) is 2.26. The first-order valence-corrected chi connectivity index (χ1v) is 5.31. The molecule has 0 aliphatic heterocycles. The van der Waals surface area contributed by atoms with Crippen LogP contribution in [-0.4, -0.2) is 17.7 Å². The van der Waals surface area contributed by atoms with Crippen LogP contribution in [-0.2, 0) is 17.6 Å². The minimum absolute atomic E-state index is 0.0700. The third-order valence-electron chi connectivity index (χ3n) is 2.36. The Balaban J connectivity index is 2.89. The molecule has 0 bridgehead atoms. The SMILES string of the molecule is CCc1ccc(CCC(=O)O)c(OC(F)F)c1. The summed E-state index contributed by atoms with van der Waals surface area (Å²) in [6.07, 6.45) is 0.783. The maximum atomic E-state index is 12.2. The molecule has 1 N–H and O–H groups in total. The summed E-state index contributed by atoms with van der Waals surface area (Å²) >= 11 is 0. The highest BCUT2D eigenvalue weighted by atomic mass is 19.3. The van der Waals surface area contributed by atoms with E-state index in [-0.39, 0.29) is 18.6 Å². The van der Waals surface area contributed by atoms with Crippen molar-refractivity contribution < 1.29 is 23.4 Å². The van der Waals surface area contributed by atoms with Crippen LogP contribution in [0.25, 0.3) is 0 Å². The third-order valence-corrected chi connectivity index (χ3v) is 2.36. The number of rotatable bonds is 6. The Morgan fingerprint density at radius 1 is 1.47 bits per heavy atom. The van der Waals surface area contributed by atoms with Gasteiger partial charge >= 0.3 is 12.6 Å². The van der Waals surface area contributed by atoms with Crippen molar-refractivity contribution in [3.8, 4) is 5.75 Å². The Morgan fingerprint density at radius 3 is 2.71 bits per heavy atom. The Labute approximate surface area is 98.0 Å². The molecule has 0 saturated heterocycles. The zero-order valence-electron chi connectivity index (χ0n) is 9.45. The summed E-state index contributed by atoms with van der Waals surface area (Å²) in [6.45, 7) is -0.996. The summed E-state index contributed by atoms with van der Waals surface area (Å²) in [5.74, 6) is -0.895. The van der Waals surface area contributed by atoms with Crippen LogP contribution in [0.5, 0.6) is 5.75 Å². The van der Waals surface area contributed by atoms with Crippen LogP contribution in [0.2, 0.25) is 0 Å². The van der Waals surface area contributed by atoms with E-state index in [1.165, 1.54) is 6.07 Å². The van der Waals surface area contributed by atoms with Crippen LogP contribution in [0.1, 0.15) is 24.5 Å². The zero-order chi connectivity index (χ0) is 12.8. The monoisotopic (exact) mass is 244 g/mol. The molecule has 5 heteroatoms. The molecule has 0 radical (unpaired) electrons. The molecule has 0 aliphatic carbocycles. The van der Waals surface area contributed by atoms with Gasteiger partial charge in [0, 0.05) is 6.42 Å². The Kier molecular flexibility index (Phi) is 4.87. The Hall–Kier alpha value is -1.65. The van der Waals surface area contributed by atoms with Gasteiger partial charge in [0.05, 0.1) is 0 Å². The summed E-state index contributed by atoms with van der Waals surface area (Å²) in [5.41, 5.74) is 1.37. The summed E-state index contributed by atoms with van der Waals surface area (Å²) < 4.78 is 28.8. The molecule has 94 valence electrons. The normalized spacial score (nSPS) is 10.6. The van der Waals surface area contributed by atoms with Gasteiger partial charge in [-0.25, -0.2) is 0 Å². The van der Waals surface area contributed by atoms with Gasteiger partial charge < -0.3 is 9.84 Å². The number of carboxylic acids is 1. The number of halogens is 2. The average molecular weight is 244 g/mol. The van der Waals surface area contributed by atoms with E-state index in [0.717, 1.165) is 5.56 Å². The predicted octanol–water partition coefficient (Wildman–Crippen LogP) is 2.87. The van der Waals surface area contributed by atoms with Gasteiger partial charge in [0.2, 0.25) is 0 Å². The number of benzene rings is 1. The number of carbonyl (C=O) groups is 1. The lowest BCUT2D eigenvalue weighted by Crippen LogP contribution is -2.06. The van der Waals surface area contributed by atoms with Crippen LogP contribution < -0.4 is 4.74 Å². The topological polar surface area (TPSA) is 46.5 Å². The van der Waals surface area contributed by atoms with Gasteiger partial charge in [-0.05, 0) is 30.0 Å². The maximum absolute atomic E-state index is 12.2. The molecule has 1 rings (SSSR count). The van der Waals surface area contributed by atoms with Crippen molar-refractivity contribution in [1.29, 1.82) is 0 Å². The molecule has 0 unspecified atom stereocenters. The smallest absolute Gasteiger partial charge is 0.387 e. The first-order valence-electron chi connectivity index (χ1n) is 5.31. The highest BCUT2D eigenvalue weighted by Gasteiger charge is 2.11. The number of hydrogen-bond acceptors (Lipinski definition) is 2. The van der Waals surface area contributed by atoms with Gasteiger partial charge in [-0.2, -0.15) is 8.78 Å². The summed E-state index contributed by atoms with van der Waals surface area (Å²) in [5, 5.41) is 8.56. The molecule has 0 aromatic heterocycles. The molecule has 0 fully saturated rings. The van der Waals surface area contributed by atoms with Crippen LogP contribution in [0.3, 0.4) is 0 Å². The van der Waals surface area contributed by atoms with Gasteiger partial charge in [-0.3, -0.25) is 4.79 Å². The highest BCUT2D eigenvalue weighted by molar-refractivity contribution is 5.67.